The number of benzene rings is 1. The van der Waals surface area contributed by atoms with E-state index in [1.807, 2.05) is 41.1 Å². The first kappa shape index (κ1) is 21.3. The van der Waals surface area contributed by atoms with Crippen LogP contribution in [0.4, 0.5) is 0 Å². The lowest BCUT2D eigenvalue weighted by Crippen LogP contribution is -2.38. The summed E-state index contributed by atoms with van der Waals surface area (Å²) in [7, 11) is 0. The van der Waals surface area contributed by atoms with Crippen molar-refractivity contribution in [2.45, 2.75) is 25.9 Å². The van der Waals surface area contributed by atoms with Crippen LogP contribution in [-0.4, -0.2) is 64.3 Å². The maximum atomic E-state index is 12.8. The molecule has 1 fully saturated rings. The van der Waals surface area contributed by atoms with E-state index >= 15 is 0 Å². The molecule has 1 N–H and O–H groups in total. The standard InChI is InChI=1S/C23H29N5O3/c29-21(24-9-4-10-26-13-15-31-16-14-26)8-12-27-11-7-20-22(27)25-18-28(23(20)30)17-19-5-2-1-3-6-19/h1-3,5-7,11,18H,4,8-10,12-17H2,(H,24,29). The summed E-state index contributed by atoms with van der Waals surface area (Å²) in [6.45, 7) is 6.15. The van der Waals surface area contributed by atoms with Gasteiger partial charge in [0.2, 0.25) is 5.91 Å². The van der Waals surface area contributed by atoms with Gasteiger partial charge in [-0.1, -0.05) is 30.3 Å². The normalized spacial score (nSPS) is 14.7. The molecule has 1 amide bonds. The Kier molecular flexibility index (Phi) is 7.11. The average Bonchev–Trinajstić information content (AvgIpc) is 3.22. The van der Waals surface area contributed by atoms with Gasteiger partial charge in [0.15, 0.2) is 0 Å². The summed E-state index contributed by atoms with van der Waals surface area (Å²) < 4.78 is 8.83. The van der Waals surface area contributed by atoms with Gasteiger partial charge in [0, 0.05) is 38.8 Å². The van der Waals surface area contributed by atoms with E-state index in [1.54, 1.807) is 17.0 Å². The van der Waals surface area contributed by atoms with Crippen molar-refractivity contribution in [2.24, 2.45) is 0 Å². The van der Waals surface area contributed by atoms with E-state index in [1.165, 1.54) is 0 Å². The molecular formula is C23H29N5O3. The largest absolute Gasteiger partial charge is 0.379 e. The highest BCUT2D eigenvalue weighted by atomic mass is 16.5. The SMILES string of the molecule is O=C(CCn1ccc2c(=O)n(Cc3ccccc3)cnc21)NCCCN1CCOCC1. The Morgan fingerprint density at radius 3 is 2.68 bits per heavy atom. The summed E-state index contributed by atoms with van der Waals surface area (Å²) in [5.41, 5.74) is 1.60. The zero-order chi connectivity index (χ0) is 21.5. The van der Waals surface area contributed by atoms with Crippen molar-refractivity contribution in [3.8, 4) is 0 Å². The van der Waals surface area contributed by atoms with Crippen LogP contribution in [-0.2, 0) is 22.6 Å². The van der Waals surface area contributed by atoms with Crippen LogP contribution in [0.5, 0.6) is 0 Å². The molecule has 1 aliphatic heterocycles. The molecule has 0 aliphatic carbocycles. The number of aryl methyl sites for hydroxylation is 1. The van der Waals surface area contributed by atoms with Crippen molar-refractivity contribution in [1.82, 2.24) is 24.3 Å². The highest BCUT2D eigenvalue weighted by Gasteiger charge is 2.12. The zero-order valence-electron chi connectivity index (χ0n) is 17.7. The summed E-state index contributed by atoms with van der Waals surface area (Å²) in [6, 6.07) is 11.6. The van der Waals surface area contributed by atoms with E-state index in [0.717, 1.165) is 44.8 Å². The first-order chi connectivity index (χ1) is 15.2. The van der Waals surface area contributed by atoms with Crippen LogP contribution >= 0.6 is 0 Å². The zero-order valence-corrected chi connectivity index (χ0v) is 17.7. The Bertz CT molecular complexity index is 1050. The molecule has 8 heteroatoms. The predicted octanol–water partition coefficient (Wildman–Crippen LogP) is 1.47. The Balaban J connectivity index is 1.28. The maximum Gasteiger partial charge on any atom is 0.263 e. The van der Waals surface area contributed by atoms with E-state index in [-0.39, 0.29) is 11.5 Å². The number of nitrogens with one attached hydrogen (secondary N) is 1. The summed E-state index contributed by atoms with van der Waals surface area (Å²) in [6.07, 6.45) is 4.70. The highest BCUT2D eigenvalue weighted by Crippen LogP contribution is 2.10. The molecule has 8 nitrogen and oxygen atoms in total. The minimum absolute atomic E-state index is 0.0150. The van der Waals surface area contributed by atoms with Crippen LogP contribution in [0.2, 0.25) is 0 Å². The smallest absolute Gasteiger partial charge is 0.263 e. The predicted molar refractivity (Wildman–Crippen MR) is 119 cm³/mol. The minimum atomic E-state index is -0.0693. The van der Waals surface area contributed by atoms with Crippen LogP contribution in [0.15, 0.2) is 53.7 Å². The molecule has 1 aromatic carbocycles. The molecule has 0 spiro atoms. The minimum Gasteiger partial charge on any atom is -0.379 e. The fourth-order valence-electron chi connectivity index (χ4n) is 3.85. The first-order valence-corrected chi connectivity index (χ1v) is 10.9. The molecular weight excluding hydrogens is 394 g/mol. The lowest BCUT2D eigenvalue weighted by Gasteiger charge is -2.26. The van der Waals surface area contributed by atoms with Gasteiger partial charge in [0.25, 0.3) is 5.56 Å². The molecule has 3 aromatic rings. The highest BCUT2D eigenvalue weighted by molar-refractivity contribution is 5.77. The van der Waals surface area contributed by atoms with Crippen molar-refractivity contribution in [3.05, 3.63) is 64.8 Å². The first-order valence-electron chi connectivity index (χ1n) is 10.9. The van der Waals surface area contributed by atoms with E-state index in [2.05, 4.69) is 15.2 Å². The van der Waals surface area contributed by atoms with E-state index < -0.39 is 0 Å². The number of carbonyl (C=O) groups excluding carboxylic acids is 1. The molecule has 2 aromatic heterocycles. The number of hydrogen-bond donors (Lipinski definition) is 1. The Morgan fingerprint density at radius 2 is 1.87 bits per heavy atom. The van der Waals surface area contributed by atoms with Gasteiger partial charge in [0.05, 0.1) is 25.1 Å². The average molecular weight is 424 g/mol. The summed E-state index contributed by atoms with van der Waals surface area (Å²) in [5, 5.41) is 3.56. The van der Waals surface area contributed by atoms with E-state index in [9.17, 15) is 9.59 Å². The van der Waals surface area contributed by atoms with E-state index in [0.29, 0.717) is 37.1 Å². The number of aromatic nitrogens is 3. The van der Waals surface area contributed by atoms with Crippen molar-refractivity contribution in [3.63, 3.8) is 0 Å². The Labute approximate surface area is 181 Å². The fourth-order valence-corrected chi connectivity index (χ4v) is 3.85. The lowest BCUT2D eigenvalue weighted by molar-refractivity contribution is -0.121. The molecule has 1 aliphatic rings. The van der Waals surface area contributed by atoms with Gasteiger partial charge in [-0.15, -0.1) is 0 Å². The quantitative estimate of drug-likeness (QED) is 0.527. The second kappa shape index (κ2) is 10.4. The van der Waals surface area contributed by atoms with Gasteiger partial charge >= 0.3 is 0 Å². The summed E-state index contributed by atoms with van der Waals surface area (Å²) >= 11 is 0. The molecule has 0 atom stereocenters. The van der Waals surface area contributed by atoms with E-state index in [4.69, 9.17) is 4.74 Å². The molecule has 31 heavy (non-hydrogen) atoms. The van der Waals surface area contributed by atoms with Gasteiger partial charge in [-0.2, -0.15) is 0 Å². The number of morpholine rings is 1. The Morgan fingerprint density at radius 1 is 1.06 bits per heavy atom. The number of nitrogens with zero attached hydrogens (tertiary/aromatic N) is 4. The summed E-state index contributed by atoms with van der Waals surface area (Å²) in [5.74, 6) is 0.0150. The van der Waals surface area contributed by atoms with Crippen LogP contribution in [0, 0.1) is 0 Å². The lowest BCUT2D eigenvalue weighted by atomic mass is 10.2. The molecule has 164 valence electrons. The number of rotatable bonds is 9. The molecule has 0 bridgehead atoms. The number of amides is 1. The van der Waals surface area contributed by atoms with Crippen LogP contribution in [0.3, 0.4) is 0 Å². The Hall–Kier alpha value is -2.97. The third-order valence-corrected chi connectivity index (χ3v) is 5.60. The molecule has 0 unspecified atom stereocenters. The summed E-state index contributed by atoms with van der Waals surface area (Å²) in [4.78, 5) is 31.9. The maximum absolute atomic E-state index is 12.8. The van der Waals surface area contributed by atoms with Crippen LogP contribution in [0.25, 0.3) is 11.0 Å². The number of hydrogen-bond acceptors (Lipinski definition) is 5. The van der Waals surface area contributed by atoms with Gasteiger partial charge in [-0.3, -0.25) is 19.1 Å². The topological polar surface area (TPSA) is 81.4 Å². The van der Waals surface area contributed by atoms with Crippen LogP contribution < -0.4 is 10.9 Å². The molecule has 3 heterocycles. The molecule has 0 saturated carbocycles. The van der Waals surface area contributed by atoms with Crippen molar-refractivity contribution in [2.75, 3.05) is 39.4 Å². The molecule has 4 rings (SSSR count). The van der Waals surface area contributed by atoms with Crippen LogP contribution in [0.1, 0.15) is 18.4 Å². The number of ether oxygens (including phenoxy) is 1. The van der Waals surface area contributed by atoms with Gasteiger partial charge in [-0.25, -0.2) is 4.98 Å². The van der Waals surface area contributed by atoms with Crippen molar-refractivity contribution >= 4 is 16.9 Å². The number of carbonyl (C=O) groups is 1. The van der Waals surface area contributed by atoms with Gasteiger partial charge in [-0.05, 0) is 24.6 Å². The molecule has 0 radical (unpaired) electrons. The fraction of sp³-hybridized carbons (Fsp3) is 0.435. The monoisotopic (exact) mass is 423 g/mol. The van der Waals surface area contributed by atoms with Gasteiger partial charge < -0.3 is 14.6 Å². The van der Waals surface area contributed by atoms with Crippen molar-refractivity contribution < 1.29 is 9.53 Å². The third kappa shape index (κ3) is 5.59. The number of fused-ring (bicyclic) bond motifs is 1. The van der Waals surface area contributed by atoms with Crippen molar-refractivity contribution in [1.29, 1.82) is 0 Å². The van der Waals surface area contributed by atoms with Gasteiger partial charge in [0.1, 0.15) is 12.0 Å². The second-order valence-corrected chi connectivity index (χ2v) is 7.82. The third-order valence-electron chi connectivity index (χ3n) is 5.60. The molecule has 1 saturated heterocycles. The second-order valence-electron chi connectivity index (χ2n) is 7.82.